The van der Waals surface area contributed by atoms with Crippen LogP contribution in [-0.4, -0.2) is 23.4 Å². The van der Waals surface area contributed by atoms with Gasteiger partial charge >= 0.3 is 0 Å². The number of phenols is 1. The molecular weight excluding hydrogens is 350 g/mol. The van der Waals surface area contributed by atoms with E-state index in [0.717, 1.165) is 24.1 Å². The number of ether oxygens (including phenoxy) is 1. The van der Waals surface area contributed by atoms with E-state index in [4.69, 9.17) is 4.74 Å². The maximum Gasteiger partial charge on any atom is 0.124 e. The zero-order valence-electron chi connectivity index (χ0n) is 15.8. The van der Waals surface area contributed by atoms with Gasteiger partial charge in [-0.15, -0.1) is 0 Å². The molecule has 4 rings (SSSR count). The monoisotopic (exact) mass is 375 g/mol. The van der Waals surface area contributed by atoms with Gasteiger partial charge in [0.05, 0.1) is 0 Å². The average Bonchev–Trinajstić information content (AvgIpc) is 2.74. The van der Waals surface area contributed by atoms with Gasteiger partial charge in [-0.25, -0.2) is 0 Å². The molecule has 0 fully saturated rings. The summed E-state index contributed by atoms with van der Waals surface area (Å²) in [5.74, 6) is 1.09. The van der Waals surface area contributed by atoms with Gasteiger partial charge in [-0.3, -0.25) is 0 Å². The van der Waals surface area contributed by atoms with Gasteiger partial charge in [-0.2, -0.15) is 0 Å². The molecule has 1 atom stereocenters. The highest BCUT2D eigenvalue weighted by molar-refractivity contribution is 5.57. The number of para-hydroxylation sites is 1. The van der Waals surface area contributed by atoms with Crippen molar-refractivity contribution in [2.75, 3.05) is 18.1 Å². The summed E-state index contributed by atoms with van der Waals surface area (Å²) in [5.41, 5.74) is 4.36. The number of aromatic hydroxyl groups is 1. The van der Waals surface area contributed by atoms with Gasteiger partial charge in [-0.05, 0) is 35.7 Å². The Labute approximate surface area is 165 Å². The molecule has 0 aliphatic carbocycles. The SMILES string of the molecule is OCC1Cc2ccccc2N(Cc2ccc(OCc3ccccc3)cc2O)C1. The highest BCUT2D eigenvalue weighted by Gasteiger charge is 2.24. The highest BCUT2D eigenvalue weighted by atomic mass is 16.5. The number of benzene rings is 3. The van der Waals surface area contributed by atoms with E-state index in [2.05, 4.69) is 17.0 Å². The maximum atomic E-state index is 10.5. The first kappa shape index (κ1) is 18.4. The zero-order chi connectivity index (χ0) is 19.3. The topological polar surface area (TPSA) is 52.9 Å². The minimum atomic E-state index is 0.170. The minimum absolute atomic E-state index is 0.170. The molecule has 4 heteroatoms. The summed E-state index contributed by atoms with van der Waals surface area (Å²) in [5, 5.41) is 20.2. The number of anilines is 1. The lowest BCUT2D eigenvalue weighted by atomic mass is 9.92. The fourth-order valence-corrected chi connectivity index (χ4v) is 3.76. The van der Waals surface area contributed by atoms with Crippen LogP contribution in [0.3, 0.4) is 0 Å². The number of nitrogens with zero attached hydrogens (tertiary/aromatic N) is 1. The Hall–Kier alpha value is -2.98. The van der Waals surface area contributed by atoms with E-state index in [1.807, 2.05) is 54.6 Å². The summed E-state index contributed by atoms with van der Waals surface area (Å²) in [7, 11) is 0. The van der Waals surface area contributed by atoms with E-state index in [9.17, 15) is 10.2 Å². The van der Waals surface area contributed by atoms with Crippen LogP contribution in [0.15, 0.2) is 72.8 Å². The molecule has 1 aliphatic heterocycles. The molecule has 3 aromatic carbocycles. The molecule has 4 nitrogen and oxygen atoms in total. The van der Waals surface area contributed by atoms with Gasteiger partial charge in [0.1, 0.15) is 18.1 Å². The third-order valence-corrected chi connectivity index (χ3v) is 5.24. The second kappa shape index (κ2) is 8.36. The standard InChI is InChI=1S/C24H25NO3/c26-16-19-12-20-8-4-5-9-23(20)25(14-19)15-21-10-11-22(13-24(21)27)28-17-18-6-2-1-3-7-18/h1-11,13,19,26-27H,12,14-17H2. The maximum absolute atomic E-state index is 10.5. The first-order chi connectivity index (χ1) is 13.7. The van der Waals surface area contributed by atoms with Crippen molar-refractivity contribution in [2.24, 2.45) is 5.92 Å². The summed E-state index contributed by atoms with van der Waals surface area (Å²) >= 11 is 0. The van der Waals surface area contributed by atoms with Crippen molar-refractivity contribution in [3.05, 3.63) is 89.5 Å². The Morgan fingerprint density at radius 2 is 1.75 bits per heavy atom. The molecule has 0 aromatic heterocycles. The number of hydrogen-bond acceptors (Lipinski definition) is 4. The molecule has 0 saturated heterocycles. The summed E-state index contributed by atoms with van der Waals surface area (Å²) in [6.45, 7) is 2.01. The van der Waals surface area contributed by atoms with Crippen molar-refractivity contribution >= 4 is 5.69 Å². The fraction of sp³-hybridized carbons (Fsp3) is 0.250. The minimum Gasteiger partial charge on any atom is -0.507 e. The van der Waals surface area contributed by atoms with Crippen molar-refractivity contribution in [1.82, 2.24) is 0 Å². The molecular formula is C24H25NO3. The number of rotatable bonds is 6. The van der Waals surface area contributed by atoms with Gasteiger partial charge in [0.2, 0.25) is 0 Å². The smallest absolute Gasteiger partial charge is 0.124 e. The van der Waals surface area contributed by atoms with Crippen molar-refractivity contribution in [2.45, 2.75) is 19.6 Å². The summed E-state index contributed by atoms with van der Waals surface area (Å²) in [6, 6.07) is 23.8. The molecule has 1 heterocycles. The summed E-state index contributed by atoms with van der Waals surface area (Å²) in [6.07, 6.45) is 0.890. The Bertz CT molecular complexity index is 926. The molecule has 28 heavy (non-hydrogen) atoms. The number of aliphatic hydroxyl groups is 1. The molecule has 3 aromatic rings. The Morgan fingerprint density at radius 1 is 0.964 bits per heavy atom. The van der Waals surface area contributed by atoms with Crippen molar-refractivity contribution in [1.29, 1.82) is 0 Å². The molecule has 0 bridgehead atoms. The number of hydrogen-bond donors (Lipinski definition) is 2. The van der Waals surface area contributed by atoms with Crippen LogP contribution >= 0.6 is 0 Å². The normalized spacial score (nSPS) is 15.9. The predicted octanol–water partition coefficient (Wildman–Crippen LogP) is 4.14. The molecule has 1 unspecified atom stereocenters. The number of fused-ring (bicyclic) bond motifs is 1. The Morgan fingerprint density at radius 3 is 2.54 bits per heavy atom. The van der Waals surface area contributed by atoms with Crippen molar-refractivity contribution in [3.63, 3.8) is 0 Å². The number of aliphatic hydroxyl groups excluding tert-OH is 1. The lowest BCUT2D eigenvalue weighted by Crippen LogP contribution is -2.36. The van der Waals surface area contributed by atoms with Gasteiger partial charge in [-0.1, -0.05) is 48.5 Å². The van der Waals surface area contributed by atoms with Crippen LogP contribution in [0, 0.1) is 5.92 Å². The molecule has 1 aliphatic rings. The van der Waals surface area contributed by atoms with E-state index in [0.29, 0.717) is 18.9 Å². The van der Waals surface area contributed by atoms with E-state index >= 15 is 0 Å². The van der Waals surface area contributed by atoms with E-state index in [-0.39, 0.29) is 18.3 Å². The van der Waals surface area contributed by atoms with Crippen LogP contribution in [-0.2, 0) is 19.6 Å². The van der Waals surface area contributed by atoms with Gasteiger partial charge in [0.15, 0.2) is 0 Å². The Balaban J connectivity index is 1.48. The van der Waals surface area contributed by atoms with Crippen LogP contribution in [0.1, 0.15) is 16.7 Å². The second-order valence-electron chi connectivity index (χ2n) is 7.33. The van der Waals surface area contributed by atoms with Gasteiger partial charge in [0, 0.05) is 42.9 Å². The highest BCUT2D eigenvalue weighted by Crippen LogP contribution is 2.33. The molecule has 2 N–H and O–H groups in total. The fourth-order valence-electron chi connectivity index (χ4n) is 3.76. The van der Waals surface area contributed by atoms with Crippen LogP contribution in [0.25, 0.3) is 0 Å². The largest absolute Gasteiger partial charge is 0.507 e. The van der Waals surface area contributed by atoms with Crippen molar-refractivity contribution in [3.8, 4) is 11.5 Å². The second-order valence-corrected chi connectivity index (χ2v) is 7.33. The van der Waals surface area contributed by atoms with Gasteiger partial charge in [0.25, 0.3) is 0 Å². The van der Waals surface area contributed by atoms with Crippen LogP contribution in [0.2, 0.25) is 0 Å². The van der Waals surface area contributed by atoms with E-state index in [1.54, 1.807) is 6.07 Å². The van der Waals surface area contributed by atoms with Crippen LogP contribution in [0.5, 0.6) is 11.5 Å². The first-order valence-electron chi connectivity index (χ1n) is 9.65. The lowest BCUT2D eigenvalue weighted by Gasteiger charge is -2.35. The quantitative estimate of drug-likeness (QED) is 0.680. The van der Waals surface area contributed by atoms with Crippen LogP contribution < -0.4 is 9.64 Å². The molecule has 0 amide bonds. The zero-order valence-corrected chi connectivity index (χ0v) is 15.8. The number of phenolic OH excluding ortho intramolecular Hbond substituents is 1. The van der Waals surface area contributed by atoms with Crippen molar-refractivity contribution < 1.29 is 14.9 Å². The molecule has 0 saturated carbocycles. The lowest BCUT2D eigenvalue weighted by molar-refractivity contribution is 0.223. The third kappa shape index (κ3) is 4.12. The van der Waals surface area contributed by atoms with Crippen LogP contribution in [0.4, 0.5) is 5.69 Å². The summed E-state index contributed by atoms with van der Waals surface area (Å²) in [4.78, 5) is 2.24. The summed E-state index contributed by atoms with van der Waals surface area (Å²) < 4.78 is 5.80. The van der Waals surface area contributed by atoms with E-state index in [1.165, 1.54) is 11.3 Å². The molecule has 0 spiro atoms. The first-order valence-corrected chi connectivity index (χ1v) is 9.65. The molecule has 0 radical (unpaired) electrons. The van der Waals surface area contributed by atoms with Gasteiger partial charge < -0.3 is 19.8 Å². The third-order valence-electron chi connectivity index (χ3n) is 5.24. The molecule has 144 valence electrons. The predicted molar refractivity (Wildman–Crippen MR) is 111 cm³/mol. The Kier molecular flexibility index (Phi) is 5.49. The average molecular weight is 375 g/mol. The van der Waals surface area contributed by atoms with E-state index < -0.39 is 0 Å².